The third-order valence-electron chi connectivity index (χ3n) is 3.67. The number of thiocarbonyl (C=S) groups is 1. The van der Waals surface area contributed by atoms with Gasteiger partial charge in [0.15, 0.2) is 0 Å². The molecule has 1 aromatic heterocycles. The average Bonchev–Trinajstić information content (AvgIpc) is 2.82. The van der Waals surface area contributed by atoms with Crippen LogP contribution in [0.2, 0.25) is 0 Å². The van der Waals surface area contributed by atoms with Crippen molar-refractivity contribution in [3.63, 3.8) is 0 Å². The predicted molar refractivity (Wildman–Crippen MR) is 86.2 cm³/mol. The molecule has 1 saturated carbocycles. The molecule has 3 nitrogen and oxygen atoms in total. The van der Waals surface area contributed by atoms with E-state index in [-0.39, 0.29) is 5.91 Å². The van der Waals surface area contributed by atoms with Gasteiger partial charge in [0.1, 0.15) is 0 Å². The molecule has 1 amide bonds. The molecule has 2 rings (SSSR count). The highest BCUT2D eigenvalue weighted by molar-refractivity contribution is 9.11. The minimum atomic E-state index is -0.623. The first kappa shape index (κ1) is 14.9. The van der Waals surface area contributed by atoms with E-state index < -0.39 is 5.41 Å². The first-order chi connectivity index (χ1) is 9.04. The van der Waals surface area contributed by atoms with Gasteiger partial charge >= 0.3 is 0 Å². The number of carbonyl (C=O) groups is 1. The van der Waals surface area contributed by atoms with Crippen LogP contribution in [0, 0.1) is 5.41 Å². The zero-order chi connectivity index (χ0) is 13.9. The summed E-state index contributed by atoms with van der Waals surface area (Å²) in [7, 11) is 0. The highest BCUT2D eigenvalue weighted by atomic mass is 79.9. The topological polar surface area (TPSA) is 55.1 Å². The maximum Gasteiger partial charge on any atom is 0.233 e. The number of hydrogen-bond acceptors (Lipinski definition) is 3. The van der Waals surface area contributed by atoms with Gasteiger partial charge < -0.3 is 11.1 Å². The Morgan fingerprint density at radius 3 is 2.63 bits per heavy atom. The van der Waals surface area contributed by atoms with Gasteiger partial charge in [0.2, 0.25) is 5.91 Å². The number of halogens is 1. The summed E-state index contributed by atoms with van der Waals surface area (Å²) >= 11 is 10.2. The van der Waals surface area contributed by atoms with E-state index in [0.717, 1.165) is 40.8 Å². The van der Waals surface area contributed by atoms with Crippen molar-refractivity contribution in [2.45, 2.75) is 38.6 Å². The Balaban J connectivity index is 2.02. The molecule has 0 bridgehead atoms. The summed E-state index contributed by atoms with van der Waals surface area (Å²) in [6.07, 6.45) is 4.77. The van der Waals surface area contributed by atoms with E-state index in [9.17, 15) is 4.79 Å². The number of thiophene rings is 1. The van der Waals surface area contributed by atoms with Crippen molar-refractivity contribution < 1.29 is 4.79 Å². The van der Waals surface area contributed by atoms with E-state index in [0.29, 0.717) is 11.5 Å². The second-order valence-corrected chi connectivity index (χ2v) is 7.88. The molecular weight excluding hydrogens is 344 g/mol. The molecule has 104 valence electrons. The maximum atomic E-state index is 12.5. The SMILES string of the molecule is NC(=S)C1(C(=O)NCc2ccc(Br)s2)CCCCC1. The van der Waals surface area contributed by atoms with Crippen LogP contribution >= 0.6 is 39.5 Å². The predicted octanol–water partition coefficient (Wildman–Crippen LogP) is 3.36. The first-order valence-electron chi connectivity index (χ1n) is 6.37. The van der Waals surface area contributed by atoms with Gasteiger partial charge in [-0.15, -0.1) is 11.3 Å². The Kier molecular flexibility index (Phi) is 4.97. The number of hydrogen-bond donors (Lipinski definition) is 2. The van der Waals surface area contributed by atoms with Crippen molar-refractivity contribution in [3.05, 3.63) is 20.8 Å². The van der Waals surface area contributed by atoms with E-state index in [1.165, 1.54) is 0 Å². The first-order valence-corrected chi connectivity index (χ1v) is 8.39. The molecule has 0 radical (unpaired) electrons. The third-order valence-corrected chi connectivity index (χ3v) is 5.68. The molecule has 1 heterocycles. The van der Waals surface area contributed by atoms with E-state index in [1.54, 1.807) is 11.3 Å². The second kappa shape index (κ2) is 6.33. The average molecular weight is 361 g/mol. The largest absolute Gasteiger partial charge is 0.392 e. The molecule has 0 atom stereocenters. The standard InChI is InChI=1S/C13H17BrN2OS2/c14-10-5-4-9(19-10)8-16-12(17)13(11(15)18)6-2-1-3-7-13/h4-5H,1-3,6-8H2,(H2,15,18)(H,16,17). The smallest absolute Gasteiger partial charge is 0.233 e. The van der Waals surface area contributed by atoms with Crippen LogP contribution in [0.15, 0.2) is 15.9 Å². The van der Waals surface area contributed by atoms with Gasteiger partial charge in [-0.05, 0) is 40.9 Å². The molecule has 1 aromatic rings. The normalized spacial score (nSPS) is 17.9. The lowest BCUT2D eigenvalue weighted by atomic mass is 9.73. The van der Waals surface area contributed by atoms with Crippen LogP contribution in [-0.4, -0.2) is 10.9 Å². The fourth-order valence-electron chi connectivity index (χ4n) is 2.52. The number of nitrogens with one attached hydrogen (secondary N) is 1. The molecule has 19 heavy (non-hydrogen) atoms. The number of amides is 1. The van der Waals surface area contributed by atoms with Gasteiger partial charge in [0.25, 0.3) is 0 Å². The fourth-order valence-corrected chi connectivity index (χ4v) is 4.24. The van der Waals surface area contributed by atoms with E-state index in [1.807, 2.05) is 12.1 Å². The van der Waals surface area contributed by atoms with Crippen molar-refractivity contribution in [2.75, 3.05) is 0 Å². The monoisotopic (exact) mass is 360 g/mol. The Morgan fingerprint density at radius 1 is 1.42 bits per heavy atom. The number of rotatable bonds is 4. The zero-order valence-corrected chi connectivity index (χ0v) is 13.8. The molecule has 0 aromatic carbocycles. The Labute approximate surface area is 131 Å². The summed E-state index contributed by atoms with van der Waals surface area (Å²) in [5.41, 5.74) is 5.22. The molecule has 1 fully saturated rings. The maximum absolute atomic E-state index is 12.5. The van der Waals surface area contributed by atoms with Crippen molar-refractivity contribution >= 4 is 50.4 Å². The lowest BCUT2D eigenvalue weighted by molar-refractivity contribution is -0.129. The van der Waals surface area contributed by atoms with Gasteiger partial charge in [-0.1, -0.05) is 31.5 Å². The van der Waals surface area contributed by atoms with Crippen LogP contribution < -0.4 is 11.1 Å². The quantitative estimate of drug-likeness (QED) is 0.809. The van der Waals surface area contributed by atoms with Gasteiger partial charge in [-0.2, -0.15) is 0 Å². The summed E-state index contributed by atoms with van der Waals surface area (Å²) in [6, 6.07) is 3.99. The molecule has 0 spiro atoms. The van der Waals surface area contributed by atoms with Crippen molar-refractivity contribution in [3.8, 4) is 0 Å². The van der Waals surface area contributed by atoms with Crippen molar-refractivity contribution in [1.82, 2.24) is 5.32 Å². The third kappa shape index (κ3) is 3.35. The summed E-state index contributed by atoms with van der Waals surface area (Å²) in [5.74, 6) is -0.00998. The van der Waals surface area contributed by atoms with Gasteiger partial charge in [-0.25, -0.2) is 0 Å². The highest BCUT2D eigenvalue weighted by Crippen LogP contribution is 2.37. The molecule has 0 saturated heterocycles. The Morgan fingerprint density at radius 2 is 2.11 bits per heavy atom. The summed E-state index contributed by atoms with van der Waals surface area (Å²) < 4.78 is 1.07. The van der Waals surface area contributed by atoms with Gasteiger partial charge in [0, 0.05) is 4.88 Å². The van der Waals surface area contributed by atoms with Crippen molar-refractivity contribution in [1.29, 1.82) is 0 Å². The number of nitrogens with two attached hydrogens (primary N) is 1. The Hall–Kier alpha value is -0.460. The lowest BCUT2D eigenvalue weighted by Crippen LogP contribution is -2.49. The minimum absolute atomic E-state index is 0.00998. The van der Waals surface area contributed by atoms with Crippen LogP contribution in [0.25, 0.3) is 0 Å². The van der Waals surface area contributed by atoms with Gasteiger partial charge in [-0.3, -0.25) is 4.79 Å². The molecule has 6 heteroatoms. The van der Waals surface area contributed by atoms with Crippen LogP contribution in [0.5, 0.6) is 0 Å². The summed E-state index contributed by atoms with van der Waals surface area (Å²) in [5, 5.41) is 2.99. The second-order valence-electron chi connectivity index (χ2n) is 4.90. The molecular formula is C13H17BrN2OS2. The van der Waals surface area contributed by atoms with E-state index in [2.05, 4.69) is 21.2 Å². The van der Waals surface area contributed by atoms with E-state index in [4.69, 9.17) is 18.0 Å². The molecule has 3 N–H and O–H groups in total. The van der Waals surface area contributed by atoms with Crippen LogP contribution in [-0.2, 0) is 11.3 Å². The van der Waals surface area contributed by atoms with Crippen LogP contribution in [0.1, 0.15) is 37.0 Å². The molecule has 0 unspecified atom stereocenters. The Bertz CT molecular complexity index is 481. The van der Waals surface area contributed by atoms with Gasteiger partial charge in [0.05, 0.1) is 20.7 Å². The highest BCUT2D eigenvalue weighted by Gasteiger charge is 2.42. The summed E-state index contributed by atoms with van der Waals surface area (Å²) in [4.78, 5) is 13.9. The van der Waals surface area contributed by atoms with Crippen LogP contribution in [0.4, 0.5) is 0 Å². The minimum Gasteiger partial charge on any atom is -0.392 e. The number of carbonyl (C=O) groups excluding carboxylic acids is 1. The van der Waals surface area contributed by atoms with E-state index >= 15 is 0 Å². The fraction of sp³-hybridized carbons (Fsp3) is 0.538. The van der Waals surface area contributed by atoms with Crippen molar-refractivity contribution in [2.24, 2.45) is 11.1 Å². The molecule has 1 aliphatic carbocycles. The summed E-state index contributed by atoms with van der Waals surface area (Å²) in [6.45, 7) is 0.541. The molecule has 1 aliphatic rings. The molecule has 0 aliphatic heterocycles. The van der Waals surface area contributed by atoms with Crippen LogP contribution in [0.3, 0.4) is 0 Å². The zero-order valence-electron chi connectivity index (χ0n) is 10.6. The lowest BCUT2D eigenvalue weighted by Gasteiger charge is -2.34.